The molecule has 15 heavy (non-hydrogen) atoms. The van der Waals surface area contributed by atoms with E-state index in [1.54, 1.807) is 0 Å². The van der Waals surface area contributed by atoms with Crippen molar-refractivity contribution in [1.29, 1.82) is 0 Å². The van der Waals surface area contributed by atoms with Crippen molar-refractivity contribution >= 4 is 17.2 Å². The fourth-order valence-corrected chi connectivity index (χ4v) is 1.98. The second-order valence-corrected chi connectivity index (χ2v) is 6.22. The largest absolute Gasteiger partial charge is 0.364 e. The standard InChI is InChI=1S/C12H24N2S/c1-12(2,3)6-5-11(15)14-9-7-13(4)8-10-14/h5-10H2,1-4H3. The Bertz CT molecular complexity index is 212. The topological polar surface area (TPSA) is 6.48 Å². The van der Waals surface area contributed by atoms with Crippen molar-refractivity contribution in [2.24, 2.45) is 5.41 Å². The molecule has 0 N–H and O–H groups in total. The second kappa shape index (κ2) is 5.26. The summed E-state index contributed by atoms with van der Waals surface area (Å²) in [7, 11) is 2.18. The van der Waals surface area contributed by atoms with Gasteiger partial charge in [-0.15, -0.1) is 0 Å². The minimum Gasteiger partial charge on any atom is -0.364 e. The van der Waals surface area contributed by atoms with Crippen molar-refractivity contribution < 1.29 is 0 Å². The number of nitrogens with zero attached hydrogens (tertiary/aromatic N) is 2. The Morgan fingerprint density at radius 3 is 2.13 bits per heavy atom. The van der Waals surface area contributed by atoms with Crippen molar-refractivity contribution in [3.05, 3.63) is 0 Å². The number of thiocarbonyl (C=S) groups is 1. The van der Waals surface area contributed by atoms with Gasteiger partial charge in [0, 0.05) is 26.2 Å². The molecular formula is C12H24N2S. The van der Waals surface area contributed by atoms with Crippen molar-refractivity contribution in [3.63, 3.8) is 0 Å². The Hall–Kier alpha value is -0.150. The van der Waals surface area contributed by atoms with E-state index in [1.165, 1.54) is 6.42 Å². The van der Waals surface area contributed by atoms with Crippen LogP contribution in [0.15, 0.2) is 0 Å². The number of hydrogen-bond donors (Lipinski definition) is 0. The lowest BCUT2D eigenvalue weighted by atomic mass is 9.90. The van der Waals surface area contributed by atoms with Crippen LogP contribution in [-0.2, 0) is 0 Å². The van der Waals surface area contributed by atoms with Crippen molar-refractivity contribution in [2.45, 2.75) is 33.6 Å². The maximum Gasteiger partial charge on any atom is 0.0780 e. The third-order valence-electron chi connectivity index (χ3n) is 2.94. The molecule has 2 nitrogen and oxygen atoms in total. The van der Waals surface area contributed by atoms with Crippen molar-refractivity contribution in [1.82, 2.24) is 9.80 Å². The summed E-state index contributed by atoms with van der Waals surface area (Å²) >= 11 is 5.49. The molecule has 3 heteroatoms. The van der Waals surface area contributed by atoms with E-state index in [0.717, 1.165) is 37.6 Å². The van der Waals surface area contributed by atoms with Crippen LogP contribution in [0.25, 0.3) is 0 Å². The number of rotatable bonds is 2. The Labute approximate surface area is 99.6 Å². The van der Waals surface area contributed by atoms with Gasteiger partial charge < -0.3 is 9.80 Å². The van der Waals surface area contributed by atoms with Gasteiger partial charge in [-0.2, -0.15) is 0 Å². The summed E-state index contributed by atoms with van der Waals surface area (Å²) in [5.74, 6) is 0. The Kier molecular flexibility index (Phi) is 4.53. The van der Waals surface area contributed by atoms with Gasteiger partial charge in [0.2, 0.25) is 0 Å². The molecule has 88 valence electrons. The van der Waals surface area contributed by atoms with Crippen LogP contribution >= 0.6 is 12.2 Å². The van der Waals surface area contributed by atoms with Gasteiger partial charge in [-0.1, -0.05) is 33.0 Å². The predicted octanol–water partition coefficient (Wildman–Crippen LogP) is 2.39. The summed E-state index contributed by atoms with van der Waals surface area (Å²) in [5.41, 5.74) is 0.399. The first-order valence-electron chi connectivity index (χ1n) is 5.85. The van der Waals surface area contributed by atoms with Gasteiger partial charge in [-0.05, 0) is 25.3 Å². The minimum absolute atomic E-state index is 0.399. The summed E-state index contributed by atoms with van der Waals surface area (Å²) < 4.78 is 0. The van der Waals surface area contributed by atoms with E-state index < -0.39 is 0 Å². The Morgan fingerprint density at radius 1 is 1.13 bits per heavy atom. The first-order chi connectivity index (χ1) is 6.88. The molecule has 0 saturated carbocycles. The highest BCUT2D eigenvalue weighted by Crippen LogP contribution is 2.21. The lowest BCUT2D eigenvalue weighted by Crippen LogP contribution is -2.46. The highest BCUT2D eigenvalue weighted by molar-refractivity contribution is 7.80. The lowest BCUT2D eigenvalue weighted by molar-refractivity contribution is 0.214. The molecule has 0 amide bonds. The van der Waals surface area contributed by atoms with Crippen LogP contribution in [0.2, 0.25) is 0 Å². The molecule has 0 bridgehead atoms. The van der Waals surface area contributed by atoms with Gasteiger partial charge >= 0.3 is 0 Å². The molecule has 0 atom stereocenters. The molecule has 1 heterocycles. The van der Waals surface area contributed by atoms with Gasteiger partial charge in [0.25, 0.3) is 0 Å². The van der Waals surface area contributed by atoms with Crippen LogP contribution in [0, 0.1) is 5.41 Å². The highest BCUT2D eigenvalue weighted by atomic mass is 32.1. The molecule has 0 aromatic heterocycles. The van der Waals surface area contributed by atoms with E-state index in [0.29, 0.717) is 5.41 Å². The van der Waals surface area contributed by atoms with Crippen LogP contribution in [0.1, 0.15) is 33.6 Å². The highest BCUT2D eigenvalue weighted by Gasteiger charge is 2.18. The average Bonchev–Trinajstić information content (AvgIpc) is 2.14. The van der Waals surface area contributed by atoms with Gasteiger partial charge in [0.15, 0.2) is 0 Å². The van der Waals surface area contributed by atoms with Gasteiger partial charge in [-0.25, -0.2) is 0 Å². The molecule has 1 fully saturated rings. The molecule has 1 aliphatic rings. The zero-order valence-electron chi connectivity index (χ0n) is 10.5. The quantitative estimate of drug-likeness (QED) is 0.670. The van der Waals surface area contributed by atoms with E-state index in [-0.39, 0.29) is 0 Å². The Balaban J connectivity index is 2.29. The van der Waals surface area contributed by atoms with E-state index >= 15 is 0 Å². The normalized spacial score (nSPS) is 19.3. The summed E-state index contributed by atoms with van der Waals surface area (Å²) in [5, 5.41) is 0. The smallest absolute Gasteiger partial charge is 0.0780 e. The minimum atomic E-state index is 0.399. The molecule has 0 aromatic rings. The summed E-state index contributed by atoms with van der Waals surface area (Å²) in [6.45, 7) is 11.4. The molecular weight excluding hydrogens is 204 g/mol. The second-order valence-electron chi connectivity index (χ2n) is 5.74. The van der Waals surface area contributed by atoms with Crippen molar-refractivity contribution in [3.8, 4) is 0 Å². The van der Waals surface area contributed by atoms with Crippen LogP contribution in [0.4, 0.5) is 0 Å². The monoisotopic (exact) mass is 228 g/mol. The summed E-state index contributed by atoms with van der Waals surface area (Å²) in [6.07, 6.45) is 2.26. The van der Waals surface area contributed by atoms with E-state index in [1.807, 2.05) is 0 Å². The van der Waals surface area contributed by atoms with Crippen LogP contribution in [0.5, 0.6) is 0 Å². The van der Waals surface area contributed by atoms with E-state index in [2.05, 4.69) is 37.6 Å². The molecule has 1 rings (SSSR count). The fraction of sp³-hybridized carbons (Fsp3) is 0.917. The number of hydrogen-bond acceptors (Lipinski definition) is 2. The molecule has 1 saturated heterocycles. The van der Waals surface area contributed by atoms with Crippen LogP contribution in [0.3, 0.4) is 0 Å². The zero-order valence-corrected chi connectivity index (χ0v) is 11.4. The van der Waals surface area contributed by atoms with Crippen LogP contribution < -0.4 is 0 Å². The average molecular weight is 228 g/mol. The first kappa shape index (κ1) is 12.9. The van der Waals surface area contributed by atoms with Gasteiger partial charge in [0.1, 0.15) is 0 Å². The number of piperazine rings is 1. The predicted molar refractivity (Wildman–Crippen MR) is 70.4 cm³/mol. The molecule has 0 aliphatic carbocycles. The molecule has 1 aliphatic heterocycles. The SMILES string of the molecule is CN1CCN(C(=S)CCC(C)(C)C)CC1. The van der Waals surface area contributed by atoms with Crippen LogP contribution in [-0.4, -0.2) is 48.0 Å². The third-order valence-corrected chi connectivity index (χ3v) is 3.41. The van der Waals surface area contributed by atoms with E-state index in [4.69, 9.17) is 12.2 Å². The summed E-state index contributed by atoms with van der Waals surface area (Å²) in [6, 6.07) is 0. The summed E-state index contributed by atoms with van der Waals surface area (Å²) in [4.78, 5) is 5.90. The molecule has 0 unspecified atom stereocenters. The number of likely N-dealkylation sites (N-methyl/N-ethyl adjacent to an activating group) is 1. The molecule has 0 aromatic carbocycles. The third kappa shape index (κ3) is 4.94. The maximum atomic E-state index is 5.49. The Morgan fingerprint density at radius 2 is 1.67 bits per heavy atom. The maximum absolute atomic E-state index is 5.49. The van der Waals surface area contributed by atoms with Gasteiger partial charge in [0.05, 0.1) is 4.99 Å². The van der Waals surface area contributed by atoms with Crippen molar-refractivity contribution in [2.75, 3.05) is 33.2 Å². The molecule has 0 radical (unpaired) electrons. The molecule has 0 spiro atoms. The zero-order chi connectivity index (χ0) is 11.5. The fourth-order valence-electron chi connectivity index (χ4n) is 1.70. The van der Waals surface area contributed by atoms with E-state index in [9.17, 15) is 0 Å². The van der Waals surface area contributed by atoms with Gasteiger partial charge in [-0.3, -0.25) is 0 Å². The first-order valence-corrected chi connectivity index (χ1v) is 6.26. The lowest BCUT2D eigenvalue weighted by Gasteiger charge is -2.34.